The number of aromatic amines is 1. The Balaban J connectivity index is 1.44. The fourth-order valence-corrected chi connectivity index (χ4v) is 4.32. The average Bonchev–Trinajstić information content (AvgIpc) is 3.34. The highest BCUT2D eigenvalue weighted by molar-refractivity contribution is 6.35. The number of aromatic nitrogens is 2. The van der Waals surface area contributed by atoms with Gasteiger partial charge in [0.25, 0.3) is 11.8 Å². The van der Waals surface area contributed by atoms with Crippen LogP contribution in [0.15, 0.2) is 54.9 Å². The van der Waals surface area contributed by atoms with Gasteiger partial charge in [0.05, 0.1) is 11.3 Å². The first-order valence-corrected chi connectivity index (χ1v) is 10.2. The molecule has 0 fully saturated rings. The molecule has 0 saturated carbocycles. The fraction of sp³-hybridized carbons (Fsp3) is 0.0800. The molecule has 6 rings (SSSR count). The van der Waals surface area contributed by atoms with Crippen molar-refractivity contribution in [2.45, 2.75) is 6.92 Å². The van der Waals surface area contributed by atoms with Crippen molar-refractivity contribution in [3.63, 3.8) is 0 Å². The Bertz CT molecular complexity index is 1450. The van der Waals surface area contributed by atoms with E-state index >= 15 is 0 Å². The van der Waals surface area contributed by atoms with Crippen LogP contribution in [0.25, 0.3) is 33.7 Å². The zero-order valence-electron chi connectivity index (χ0n) is 17.2. The second-order valence-corrected chi connectivity index (χ2v) is 7.91. The van der Waals surface area contributed by atoms with Gasteiger partial charge in [0.1, 0.15) is 5.75 Å². The van der Waals surface area contributed by atoms with Crippen LogP contribution in [0.4, 0.5) is 11.4 Å². The lowest BCUT2D eigenvalue weighted by Crippen LogP contribution is -2.26. The molecule has 7 nitrogen and oxygen atoms in total. The van der Waals surface area contributed by atoms with Crippen molar-refractivity contribution in [3.05, 3.63) is 71.7 Å². The third kappa shape index (κ3) is 2.86. The molecule has 0 spiro atoms. The van der Waals surface area contributed by atoms with Crippen LogP contribution in [-0.4, -0.2) is 28.4 Å². The Hall–Kier alpha value is -4.39. The van der Waals surface area contributed by atoms with Crippen LogP contribution in [0.5, 0.6) is 5.75 Å². The van der Waals surface area contributed by atoms with Crippen LogP contribution < -0.4 is 15.4 Å². The number of pyridine rings is 1. The Morgan fingerprint density at radius 1 is 1.03 bits per heavy atom. The van der Waals surface area contributed by atoms with Gasteiger partial charge in [0, 0.05) is 40.2 Å². The normalized spacial score (nSPS) is 15.8. The number of hydrogen-bond donors (Lipinski definition) is 3. The number of hydrogen-bond acceptors (Lipinski definition) is 4. The SMILES string of the molecule is Cc1c(-c2ccc3c(c2)/C(=C/c2cc4cnccc4[nH]2)C(=O)N3)ccc2c1NC(=O)CO2. The van der Waals surface area contributed by atoms with E-state index in [1.165, 1.54) is 0 Å². The third-order valence-corrected chi connectivity index (χ3v) is 5.91. The van der Waals surface area contributed by atoms with Gasteiger partial charge < -0.3 is 20.4 Å². The maximum atomic E-state index is 12.7. The van der Waals surface area contributed by atoms with E-state index in [0.29, 0.717) is 17.0 Å². The lowest BCUT2D eigenvalue weighted by Gasteiger charge is -2.21. The Kier molecular flexibility index (Phi) is 3.91. The van der Waals surface area contributed by atoms with Gasteiger partial charge in [-0.1, -0.05) is 12.1 Å². The predicted octanol–water partition coefficient (Wildman–Crippen LogP) is 4.36. The van der Waals surface area contributed by atoms with Crippen LogP contribution in [0.2, 0.25) is 0 Å². The first-order chi connectivity index (χ1) is 15.6. The summed E-state index contributed by atoms with van der Waals surface area (Å²) in [5.41, 5.74) is 7.52. The number of amides is 2. The smallest absolute Gasteiger partial charge is 0.262 e. The second kappa shape index (κ2) is 6.81. The number of anilines is 2. The molecule has 2 amide bonds. The van der Waals surface area contributed by atoms with Crippen molar-refractivity contribution in [2.24, 2.45) is 0 Å². The first kappa shape index (κ1) is 18.4. The topological polar surface area (TPSA) is 96.1 Å². The molecule has 0 bridgehead atoms. The van der Waals surface area contributed by atoms with Crippen LogP contribution in [0.1, 0.15) is 16.8 Å². The number of benzene rings is 2. The molecule has 2 aromatic heterocycles. The van der Waals surface area contributed by atoms with Crippen LogP contribution in [0.3, 0.4) is 0 Å². The van der Waals surface area contributed by atoms with Gasteiger partial charge in [0.15, 0.2) is 6.61 Å². The van der Waals surface area contributed by atoms with Crippen molar-refractivity contribution in [1.29, 1.82) is 0 Å². The van der Waals surface area contributed by atoms with E-state index in [0.717, 1.165) is 44.5 Å². The molecule has 3 N–H and O–H groups in total. The van der Waals surface area contributed by atoms with Crippen LogP contribution >= 0.6 is 0 Å². The van der Waals surface area contributed by atoms with E-state index in [1.54, 1.807) is 12.4 Å². The summed E-state index contributed by atoms with van der Waals surface area (Å²) in [6.45, 7) is 1.98. The monoisotopic (exact) mass is 422 g/mol. The molecule has 2 aliphatic heterocycles. The Labute approximate surface area is 183 Å². The summed E-state index contributed by atoms with van der Waals surface area (Å²) >= 11 is 0. The lowest BCUT2D eigenvalue weighted by molar-refractivity contribution is -0.118. The van der Waals surface area contributed by atoms with Gasteiger partial charge >= 0.3 is 0 Å². The quantitative estimate of drug-likeness (QED) is 0.418. The molecule has 7 heteroatoms. The molecule has 2 aliphatic rings. The van der Waals surface area contributed by atoms with Gasteiger partial charge in [-0.05, 0) is 60.0 Å². The van der Waals surface area contributed by atoms with Crippen molar-refractivity contribution in [2.75, 3.05) is 17.2 Å². The number of fused-ring (bicyclic) bond motifs is 3. The van der Waals surface area contributed by atoms with Gasteiger partial charge in [-0.3, -0.25) is 14.6 Å². The highest BCUT2D eigenvalue weighted by atomic mass is 16.5. The number of nitrogens with one attached hydrogen (secondary N) is 3. The minimum atomic E-state index is -0.166. The number of ether oxygens (including phenoxy) is 1. The number of carbonyl (C=O) groups is 2. The predicted molar refractivity (Wildman–Crippen MR) is 123 cm³/mol. The van der Waals surface area contributed by atoms with E-state index in [2.05, 4.69) is 20.6 Å². The van der Waals surface area contributed by atoms with E-state index in [9.17, 15) is 9.59 Å². The van der Waals surface area contributed by atoms with Crippen LogP contribution in [-0.2, 0) is 9.59 Å². The summed E-state index contributed by atoms with van der Waals surface area (Å²) in [4.78, 5) is 32.0. The largest absolute Gasteiger partial charge is 0.482 e. The maximum absolute atomic E-state index is 12.7. The summed E-state index contributed by atoms with van der Waals surface area (Å²) in [6.07, 6.45) is 5.38. The van der Waals surface area contributed by atoms with E-state index in [1.807, 2.05) is 55.5 Å². The lowest BCUT2D eigenvalue weighted by atomic mass is 9.95. The molecule has 0 aliphatic carbocycles. The first-order valence-electron chi connectivity index (χ1n) is 10.2. The standard InChI is InChI=1S/C25H18N4O3/c1-13-17(3-5-22-24(13)29-23(30)12-32-22)14-2-4-21-18(9-14)19(25(31)28-21)10-16-8-15-11-26-7-6-20(15)27-16/h2-11,27H,12H2,1H3,(H,28,31)(H,29,30)/b19-10-. The molecule has 0 radical (unpaired) electrons. The summed E-state index contributed by atoms with van der Waals surface area (Å²) < 4.78 is 5.52. The van der Waals surface area contributed by atoms with Gasteiger partial charge in [-0.15, -0.1) is 0 Å². The van der Waals surface area contributed by atoms with E-state index < -0.39 is 0 Å². The molecular formula is C25H18N4O3. The van der Waals surface area contributed by atoms with E-state index in [4.69, 9.17) is 4.74 Å². The second-order valence-electron chi connectivity index (χ2n) is 7.91. The minimum Gasteiger partial charge on any atom is -0.482 e. The van der Waals surface area contributed by atoms with Gasteiger partial charge in [0.2, 0.25) is 0 Å². The van der Waals surface area contributed by atoms with Gasteiger partial charge in [-0.25, -0.2) is 0 Å². The van der Waals surface area contributed by atoms with Crippen molar-refractivity contribution in [3.8, 4) is 16.9 Å². The van der Waals surface area contributed by atoms with Crippen molar-refractivity contribution >= 4 is 45.7 Å². The summed E-state index contributed by atoms with van der Waals surface area (Å²) in [6, 6.07) is 13.6. The van der Waals surface area contributed by atoms with Crippen molar-refractivity contribution < 1.29 is 14.3 Å². The summed E-state index contributed by atoms with van der Waals surface area (Å²) in [7, 11) is 0. The molecule has 156 valence electrons. The zero-order valence-corrected chi connectivity index (χ0v) is 17.2. The highest BCUT2D eigenvalue weighted by Crippen LogP contribution is 2.41. The Morgan fingerprint density at radius 3 is 2.81 bits per heavy atom. The average molecular weight is 422 g/mol. The number of nitrogens with zero attached hydrogens (tertiary/aromatic N) is 1. The Morgan fingerprint density at radius 2 is 1.94 bits per heavy atom. The highest BCUT2D eigenvalue weighted by Gasteiger charge is 2.26. The van der Waals surface area contributed by atoms with Crippen molar-refractivity contribution in [1.82, 2.24) is 9.97 Å². The van der Waals surface area contributed by atoms with Gasteiger partial charge in [-0.2, -0.15) is 0 Å². The molecule has 4 aromatic rings. The number of H-pyrrole nitrogens is 1. The minimum absolute atomic E-state index is 0.0242. The molecule has 0 atom stereocenters. The molecule has 4 heterocycles. The number of rotatable bonds is 2. The molecular weight excluding hydrogens is 404 g/mol. The summed E-state index contributed by atoms with van der Waals surface area (Å²) in [5, 5.41) is 6.83. The van der Waals surface area contributed by atoms with E-state index in [-0.39, 0.29) is 18.4 Å². The molecule has 2 aromatic carbocycles. The molecule has 32 heavy (non-hydrogen) atoms. The fourth-order valence-electron chi connectivity index (χ4n) is 4.32. The third-order valence-electron chi connectivity index (χ3n) is 5.91. The van der Waals surface area contributed by atoms with Crippen LogP contribution in [0, 0.1) is 6.92 Å². The summed E-state index contributed by atoms with van der Waals surface area (Å²) in [5.74, 6) is 0.356. The zero-order chi connectivity index (χ0) is 21.8. The number of carbonyl (C=O) groups excluding carboxylic acids is 2. The maximum Gasteiger partial charge on any atom is 0.262 e. The molecule has 0 saturated heterocycles. The molecule has 0 unspecified atom stereocenters.